The van der Waals surface area contributed by atoms with Gasteiger partial charge in [-0.25, -0.2) is 9.69 Å². The summed E-state index contributed by atoms with van der Waals surface area (Å²) in [5, 5.41) is 13.4. The molecule has 0 bridgehead atoms. The lowest BCUT2D eigenvalue weighted by molar-refractivity contribution is -0.175. The highest BCUT2D eigenvalue weighted by atomic mass is 16.4. The zero-order valence-corrected chi connectivity index (χ0v) is 25.9. The minimum atomic E-state index is -3.06. The molecule has 1 saturated heterocycles. The van der Waals surface area contributed by atoms with Crippen molar-refractivity contribution in [3.8, 4) is 0 Å². The maximum Gasteiger partial charge on any atom is 0.345 e. The van der Waals surface area contributed by atoms with Crippen molar-refractivity contribution in [3.05, 3.63) is 0 Å². The van der Waals surface area contributed by atoms with Crippen molar-refractivity contribution in [1.82, 2.24) is 10.2 Å². The zero-order chi connectivity index (χ0) is 31.0. The van der Waals surface area contributed by atoms with E-state index in [1.165, 1.54) is 58.3 Å². The Balaban J connectivity index is 2.97. The number of hydrogen-bond acceptors (Lipinski definition) is 8. The van der Waals surface area contributed by atoms with E-state index in [-0.39, 0.29) is 6.42 Å². The Morgan fingerprint density at radius 3 is 1.73 bits per heavy atom. The lowest BCUT2D eigenvalue weighted by Crippen LogP contribution is -2.74. The fourth-order valence-electron chi connectivity index (χ4n) is 5.43. The average molecular weight is 581 g/mol. The number of hydrogen-bond donors (Lipinski definition) is 4. The first-order valence-electron chi connectivity index (χ1n) is 15.9. The van der Waals surface area contributed by atoms with Gasteiger partial charge in [0.05, 0.1) is 18.1 Å². The number of carboxylic acid groups (broad SMARTS) is 1. The molecule has 0 aromatic carbocycles. The summed E-state index contributed by atoms with van der Waals surface area (Å²) in [6.07, 6.45) is 14.8. The van der Waals surface area contributed by atoms with E-state index in [9.17, 15) is 29.1 Å². The second-order valence-electron chi connectivity index (χ2n) is 12.0. The fourth-order valence-corrected chi connectivity index (χ4v) is 5.43. The molecule has 10 nitrogen and oxygen atoms in total. The lowest BCUT2D eigenvalue weighted by Gasteiger charge is -2.40. The Hall–Kier alpha value is -2.17. The molecule has 0 spiro atoms. The van der Waals surface area contributed by atoms with Gasteiger partial charge in [-0.2, -0.15) is 0 Å². The topological polar surface area (TPSA) is 173 Å². The predicted octanol–water partition coefficient (Wildman–Crippen LogP) is 3.87. The standard InChI is InChI=1S/C31H56N4O6/c1-5-6-7-8-9-10-11-12-13-14-15-16-17-20-25(36)31(30(40)41,27(37)23(4)32)35(29(39)26(33)22(2)3)28(38)24-19-18-21-34-24/h22-24,26,34H,5-21,32-33H2,1-4H3,(H,40,41). The highest BCUT2D eigenvalue weighted by Gasteiger charge is 2.62. The summed E-state index contributed by atoms with van der Waals surface area (Å²) < 4.78 is 0. The molecular formula is C31H56N4O6. The molecule has 4 unspecified atom stereocenters. The number of carbonyl (C=O) groups excluding carboxylic acids is 4. The van der Waals surface area contributed by atoms with Crippen molar-refractivity contribution in [2.24, 2.45) is 17.4 Å². The molecule has 1 fully saturated rings. The van der Waals surface area contributed by atoms with Crippen LogP contribution in [-0.4, -0.2) is 69.6 Å². The first-order chi connectivity index (χ1) is 19.4. The summed E-state index contributed by atoms with van der Waals surface area (Å²) in [5.74, 6) is -6.54. The summed E-state index contributed by atoms with van der Waals surface area (Å²) in [6.45, 7) is 7.24. The smallest absolute Gasteiger partial charge is 0.345 e. The molecule has 0 aromatic rings. The van der Waals surface area contributed by atoms with Crippen LogP contribution in [0.15, 0.2) is 0 Å². The number of nitrogens with one attached hydrogen (secondary N) is 1. The summed E-state index contributed by atoms with van der Waals surface area (Å²) in [4.78, 5) is 67.8. The largest absolute Gasteiger partial charge is 0.479 e. The minimum Gasteiger partial charge on any atom is -0.479 e. The van der Waals surface area contributed by atoms with Crippen LogP contribution in [0.5, 0.6) is 0 Å². The molecule has 1 rings (SSSR count). The van der Waals surface area contributed by atoms with E-state index in [4.69, 9.17) is 11.5 Å². The summed E-state index contributed by atoms with van der Waals surface area (Å²) >= 11 is 0. The van der Waals surface area contributed by atoms with E-state index in [1.54, 1.807) is 13.8 Å². The van der Waals surface area contributed by atoms with Gasteiger partial charge < -0.3 is 21.9 Å². The number of aliphatic carboxylic acids is 1. The van der Waals surface area contributed by atoms with E-state index in [0.717, 1.165) is 19.3 Å². The fraction of sp³-hybridized carbons (Fsp3) is 0.839. The van der Waals surface area contributed by atoms with Crippen molar-refractivity contribution < 1.29 is 29.1 Å². The van der Waals surface area contributed by atoms with Crippen LogP contribution in [0, 0.1) is 5.92 Å². The molecule has 0 aromatic heterocycles. The molecule has 4 atom stereocenters. The SMILES string of the molecule is CCCCCCCCCCCCCCCC(=O)C(C(=O)O)(C(=O)C(C)N)N(C(=O)C1CCCN1)C(=O)C(N)C(C)C. The molecule has 10 heteroatoms. The highest BCUT2D eigenvalue weighted by Crippen LogP contribution is 2.28. The molecule has 1 aliphatic rings. The third kappa shape index (κ3) is 10.6. The number of unbranched alkanes of at least 4 members (excludes halogenated alkanes) is 12. The molecule has 1 aliphatic heterocycles. The number of ketones is 2. The Labute approximate surface area is 246 Å². The van der Waals surface area contributed by atoms with Crippen molar-refractivity contribution in [2.45, 2.75) is 154 Å². The number of imide groups is 1. The number of Topliss-reactive ketones (excluding diaryl/α,β-unsaturated/α-hetero) is 2. The molecular weight excluding hydrogens is 524 g/mol. The molecule has 6 N–H and O–H groups in total. The number of carboxylic acids is 1. The van der Waals surface area contributed by atoms with Gasteiger partial charge in [0, 0.05) is 6.42 Å². The second-order valence-corrected chi connectivity index (χ2v) is 12.0. The van der Waals surface area contributed by atoms with E-state index < -0.39 is 58.9 Å². The van der Waals surface area contributed by atoms with Crippen molar-refractivity contribution in [2.75, 3.05) is 6.54 Å². The van der Waals surface area contributed by atoms with Crippen LogP contribution in [0.25, 0.3) is 0 Å². The molecule has 41 heavy (non-hydrogen) atoms. The van der Waals surface area contributed by atoms with Crippen LogP contribution in [0.1, 0.15) is 130 Å². The van der Waals surface area contributed by atoms with E-state index in [0.29, 0.717) is 37.1 Å². The molecule has 0 saturated carbocycles. The lowest BCUT2D eigenvalue weighted by atomic mass is 9.80. The number of nitrogens with zero attached hydrogens (tertiary/aromatic N) is 1. The van der Waals surface area contributed by atoms with Crippen LogP contribution in [0.4, 0.5) is 0 Å². The van der Waals surface area contributed by atoms with Crippen molar-refractivity contribution >= 4 is 29.4 Å². The molecule has 1 heterocycles. The Morgan fingerprint density at radius 2 is 1.34 bits per heavy atom. The van der Waals surface area contributed by atoms with Crippen molar-refractivity contribution in [1.29, 1.82) is 0 Å². The number of carbonyl (C=O) groups is 5. The van der Waals surface area contributed by atoms with Crippen LogP contribution in [0.2, 0.25) is 0 Å². The van der Waals surface area contributed by atoms with E-state index >= 15 is 0 Å². The summed E-state index contributed by atoms with van der Waals surface area (Å²) in [6, 6.07) is -3.59. The Bertz CT molecular complexity index is 842. The van der Waals surface area contributed by atoms with Crippen LogP contribution in [-0.2, 0) is 24.0 Å². The van der Waals surface area contributed by atoms with Gasteiger partial charge in [0.25, 0.3) is 5.54 Å². The number of nitrogens with two attached hydrogens (primary N) is 2. The zero-order valence-electron chi connectivity index (χ0n) is 25.9. The van der Waals surface area contributed by atoms with Gasteiger partial charge in [-0.3, -0.25) is 19.2 Å². The Kier molecular flexibility index (Phi) is 17.2. The van der Waals surface area contributed by atoms with Crippen molar-refractivity contribution in [3.63, 3.8) is 0 Å². The van der Waals surface area contributed by atoms with Crippen LogP contribution >= 0.6 is 0 Å². The summed E-state index contributed by atoms with van der Waals surface area (Å²) in [5.41, 5.74) is 8.86. The van der Waals surface area contributed by atoms with E-state index in [2.05, 4.69) is 12.2 Å². The van der Waals surface area contributed by atoms with Gasteiger partial charge in [-0.1, -0.05) is 97.8 Å². The minimum absolute atomic E-state index is 0.269. The van der Waals surface area contributed by atoms with Gasteiger partial charge in [-0.15, -0.1) is 0 Å². The molecule has 236 valence electrons. The quantitative estimate of drug-likeness (QED) is 0.109. The van der Waals surface area contributed by atoms with Gasteiger partial charge >= 0.3 is 5.97 Å². The molecule has 0 aliphatic carbocycles. The maximum absolute atomic E-state index is 13.7. The average Bonchev–Trinajstić information content (AvgIpc) is 3.47. The normalized spacial score (nSPS) is 18.1. The first kappa shape index (κ1) is 36.9. The van der Waals surface area contributed by atoms with Crippen LogP contribution < -0.4 is 16.8 Å². The third-order valence-electron chi connectivity index (χ3n) is 8.13. The Morgan fingerprint density at radius 1 is 0.854 bits per heavy atom. The van der Waals surface area contributed by atoms with E-state index in [1.807, 2.05) is 0 Å². The third-order valence-corrected chi connectivity index (χ3v) is 8.13. The second kappa shape index (κ2) is 19.1. The van der Waals surface area contributed by atoms with Gasteiger partial charge in [0.15, 0.2) is 11.6 Å². The predicted molar refractivity (Wildman–Crippen MR) is 160 cm³/mol. The van der Waals surface area contributed by atoms with Gasteiger partial charge in [0.2, 0.25) is 11.8 Å². The maximum atomic E-state index is 13.7. The van der Waals surface area contributed by atoms with Gasteiger partial charge in [-0.05, 0) is 38.6 Å². The number of amides is 2. The first-order valence-corrected chi connectivity index (χ1v) is 15.9. The molecule has 0 radical (unpaired) electrons. The number of rotatable bonds is 22. The molecule has 2 amide bonds. The monoisotopic (exact) mass is 580 g/mol. The highest BCUT2D eigenvalue weighted by molar-refractivity contribution is 6.32. The summed E-state index contributed by atoms with van der Waals surface area (Å²) in [7, 11) is 0. The van der Waals surface area contributed by atoms with Crippen LogP contribution in [0.3, 0.4) is 0 Å². The van der Waals surface area contributed by atoms with Gasteiger partial charge in [0.1, 0.15) is 0 Å².